The summed E-state index contributed by atoms with van der Waals surface area (Å²) in [6, 6.07) is 7.40. The van der Waals surface area contributed by atoms with Gasteiger partial charge < -0.3 is 5.32 Å². The summed E-state index contributed by atoms with van der Waals surface area (Å²) in [4.78, 5) is 0. The van der Waals surface area contributed by atoms with Crippen LogP contribution in [-0.4, -0.2) is 6.54 Å². The molecule has 1 aromatic rings. The van der Waals surface area contributed by atoms with Crippen LogP contribution < -0.4 is 5.32 Å². The van der Waals surface area contributed by atoms with E-state index < -0.39 is 0 Å². The van der Waals surface area contributed by atoms with Crippen molar-refractivity contribution in [2.75, 3.05) is 6.54 Å². The third-order valence-electron chi connectivity index (χ3n) is 2.60. The van der Waals surface area contributed by atoms with Crippen molar-refractivity contribution < 1.29 is 0 Å². The van der Waals surface area contributed by atoms with Crippen LogP contribution in [0.15, 0.2) is 18.2 Å². The van der Waals surface area contributed by atoms with E-state index in [1.54, 1.807) is 0 Å². The summed E-state index contributed by atoms with van der Waals surface area (Å²) >= 11 is 4.79. The first-order valence-electron chi connectivity index (χ1n) is 4.95. The molecule has 1 aromatic carbocycles. The first-order chi connectivity index (χ1) is 6.75. The average molecular weight is 413 g/mol. The van der Waals surface area contributed by atoms with E-state index in [1.165, 1.54) is 38.5 Å². The van der Waals surface area contributed by atoms with Crippen molar-refractivity contribution in [3.05, 3.63) is 30.9 Å². The summed E-state index contributed by atoms with van der Waals surface area (Å²) in [7, 11) is 0. The molecule has 0 unspecified atom stereocenters. The summed E-state index contributed by atoms with van der Waals surface area (Å²) in [5, 5.41) is 3.58. The average Bonchev–Trinajstić information content (AvgIpc) is 2.18. The minimum Gasteiger partial charge on any atom is -0.310 e. The zero-order chi connectivity index (χ0) is 9.97. The summed E-state index contributed by atoms with van der Waals surface area (Å²) in [6.45, 7) is 1.17. The van der Waals surface area contributed by atoms with Gasteiger partial charge in [-0.1, -0.05) is 6.42 Å². The minimum atomic E-state index is 0.590. The molecule has 1 heterocycles. The predicted octanol–water partition coefficient (Wildman–Crippen LogP) is 3.71. The van der Waals surface area contributed by atoms with Gasteiger partial charge in [-0.05, 0) is 88.3 Å². The fraction of sp³-hybridized carbons (Fsp3) is 0.455. The van der Waals surface area contributed by atoms with Crippen LogP contribution in [0, 0.1) is 7.14 Å². The lowest BCUT2D eigenvalue weighted by atomic mass is 9.98. The zero-order valence-corrected chi connectivity index (χ0v) is 12.2. The highest BCUT2D eigenvalue weighted by Crippen LogP contribution is 2.25. The lowest BCUT2D eigenvalue weighted by molar-refractivity contribution is 0.412. The van der Waals surface area contributed by atoms with Crippen LogP contribution in [0.1, 0.15) is 30.9 Å². The van der Waals surface area contributed by atoms with Crippen molar-refractivity contribution in [1.82, 2.24) is 5.32 Å². The molecule has 0 bridgehead atoms. The molecular formula is C11H13I2N. The molecule has 1 N–H and O–H groups in total. The third kappa shape index (κ3) is 2.82. The highest BCUT2D eigenvalue weighted by Gasteiger charge is 2.14. The summed E-state index contributed by atoms with van der Waals surface area (Å²) < 4.78 is 2.69. The van der Waals surface area contributed by atoms with E-state index in [0.29, 0.717) is 6.04 Å². The van der Waals surface area contributed by atoms with E-state index in [9.17, 15) is 0 Å². The van der Waals surface area contributed by atoms with Gasteiger partial charge in [-0.25, -0.2) is 0 Å². The molecule has 76 valence electrons. The van der Waals surface area contributed by atoms with Gasteiger partial charge in [-0.3, -0.25) is 0 Å². The number of piperidine rings is 1. The van der Waals surface area contributed by atoms with Crippen molar-refractivity contribution in [2.24, 2.45) is 0 Å². The standard InChI is InChI=1S/C11H13I2N/c12-9-5-8(6-10(13)7-9)11-3-1-2-4-14-11/h5-7,11,14H,1-4H2/t11-/m0/s1. The molecule has 2 rings (SSSR count). The first kappa shape index (κ1) is 11.1. The Kier molecular flexibility index (Phi) is 4.07. The maximum atomic E-state index is 3.58. The van der Waals surface area contributed by atoms with Gasteiger partial charge in [0.25, 0.3) is 0 Å². The highest BCUT2D eigenvalue weighted by atomic mass is 127. The summed E-state index contributed by atoms with van der Waals surface area (Å²) in [5.74, 6) is 0. The highest BCUT2D eigenvalue weighted by molar-refractivity contribution is 14.1. The largest absolute Gasteiger partial charge is 0.310 e. The molecule has 1 nitrogen and oxygen atoms in total. The number of halogens is 2. The van der Waals surface area contributed by atoms with E-state index in [2.05, 4.69) is 68.7 Å². The lowest BCUT2D eigenvalue weighted by Crippen LogP contribution is -2.26. The monoisotopic (exact) mass is 413 g/mol. The van der Waals surface area contributed by atoms with E-state index >= 15 is 0 Å². The molecule has 0 aliphatic carbocycles. The van der Waals surface area contributed by atoms with Crippen molar-refractivity contribution in [3.8, 4) is 0 Å². The number of benzene rings is 1. The molecule has 14 heavy (non-hydrogen) atoms. The van der Waals surface area contributed by atoms with Crippen LogP contribution in [0.2, 0.25) is 0 Å². The van der Waals surface area contributed by atoms with Gasteiger partial charge >= 0.3 is 0 Å². The van der Waals surface area contributed by atoms with E-state index in [-0.39, 0.29) is 0 Å². The molecule has 0 saturated carbocycles. The molecule has 0 amide bonds. The second kappa shape index (κ2) is 5.12. The molecule has 1 atom stereocenters. The molecule has 1 aliphatic rings. The Morgan fingerprint density at radius 1 is 1.07 bits per heavy atom. The van der Waals surface area contributed by atoms with Crippen LogP contribution in [0.5, 0.6) is 0 Å². The molecule has 1 fully saturated rings. The lowest BCUT2D eigenvalue weighted by Gasteiger charge is -2.24. The fourth-order valence-electron chi connectivity index (χ4n) is 1.91. The summed E-state index contributed by atoms with van der Waals surface area (Å²) in [5.41, 5.74) is 1.46. The molecule has 3 heteroatoms. The van der Waals surface area contributed by atoms with Crippen molar-refractivity contribution in [1.29, 1.82) is 0 Å². The topological polar surface area (TPSA) is 12.0 Å². The molecule has 0 spiro atoms. The molecule has 1 aliphatic heterocycles. The van der Waals surface area contributed by atoms with Gasteiger partial charge in [0.2, 0.25) is 0 Å². The SMILES string of the molecule is Ic1cc(I)cc([C@@H]2CCCCN2)c1. The Bertz CT molecular complexity index is 299. The maximum Gasteiger partial charge on any atom is 0.0321 e. The van der Waals surface area contributed by atoms with Gasteiger partial charge in [0, 0.05) is 13.2 Å². The van der Waals surface area contributed by atoms with Gasteiger partial charge in [0.05, 0.1) is 0 Å². The molecule has 1 saturated heterocycles. The first-order valence-corrected chi connectivity index (χ1v) is 7.11. The predicted molar refractivity (Wildman–Crippen MR) is 76.5 cm³/mol. The van der Waals surface area contributed by atoms with E-state index in [0.717, 1.165) is 0 Å². The van der Waals surface area contributed by atoms with Crippen LogP contribution in [0.4, 0.5) is 0 Å². The summed E-state index contributed by atoms with van der Waals surface area (Å²) in [6.07, 6.45) is 3.98. The number of hydrogen-bond acceptors (Lipinski definition) is 1. The van der Waals surface area contributed by atoms with Crippen molar-refractivity contribution >= 4 is 45.2 Å². The maximum absolute atomic E-state index is 3.58. The van der Waals surface area contributed by atoms with Crippen molar-refractivity contribution in [2.45, 2.75) is 25.3 Å². The van der Waals surface area contributed by atoms with Gasteiger partial charge in [0.1, 0.15) is 0 Å². The van der Waals surface area contributed by atoms with Crippen LogP contribution in [0.25, 0.3) is 0 Å². The quantitative estimate of drug-likeness (QED) is 0.693. The molecule has 0 radical (unpaired) electrons. The Morgan fingerprint density at radius 2 is 1.79 bits per heavy atom. The minimum absolute atomic E-state index is 0.590. The smallest absolute Gasteiger partial charge is 0.0321 e. The second-order valence-electron chi connectivity index (χ2n) is 3.71. The Balaban J connectivity index is 2.21. The molecule has 0 aromatic heterocycles. The van der Waals surface area contributed by atoms with Crippen LogP contribution in [-0.2, 0) is 0 Å². The molecular weight excluding hydrogens is 400 g/mol. The number of rotatable bonds is 1. The Hall–Kier alpha value is 0.640. The normalized spacial score (nSPS) is 22.3. The van der Waals surface area contributed by atoms with Gasteiger partial charge in [0.15, 0.2) is 0 Å². The zero-order valence-electron chi connectivity index (χ0n) is 7.89. The van der Waals surface area contributed by atoms with E-state index in [1.807, 2.05) is 0 Å². The fourth-order valence-corrected chi connectivity index (χ4v) is 3.90. The Morgan fingerprint density at radius 3 is 2.36 bits per heavy atom. The van der Waals surface area contributed by atoms with E-state index in [4.69, 9.17) is 0 Å². The van der Waals surface area contributed by atoms with Crippen LogP contribution in [0.3, 0.4) is 0 Å². The Labute approximate surface area is 112 Å². The van der Waals surface area contributed by atoms with Gasteiger partial charge in [-0.2, -0.15) is 0 Å². The van der Waals surface area contributed by atoms with Crippen LogP contribution >= 0.6 is 45.2 Å². The third-order valence-corrected chi connectivity index (χ3v) is 3.84. The number of hydrogen-bond donors (Lipinski definition) is 1. The van der Waals surface area contributed by atoms with Gasteiger partial charge in [-0.15, -0.1) is 0 Å². The number of nitrogens with one attached hydrogen (secondary N) is 1. The second-order valence-corrected chi connectivity index (χ2v) is 6.20. The van der Waals surface area contributed by atoms with Crippen molar-refractivity contribution in [3.63, 3.8) is 0 Å².